The number of aromatic amines is 1. The molecule has 2 aromatic rings. The van der Waals surface area contributed by atoms with Crippen molar-refractivity contribution < 1.29 is 14.3 Å². The van der Waals surface area contributed by atoms with E-state index in [9.17, 15) is 4.79 Å². The first kappa shape index (κ1) is 14.2. The Hall–Kier alpha value is -2.70. The summed E-state index contributed by atoms with van der Waals surface area (Å²) in [5.41, 5.74) is 2.27. The van der Waals surface area contributed by atoms with Crippen LogP contribution in [0.1, 0.15) is 11.4 Å². The van der Waals surface area contributed by atoms with Gasteiger partial charge >= 0.3 is 6.03 Å². The van der Waals surface area contributed by atoms with Crippen molar-refractivity contribution in [1.29, 1.82) is 0 Å². The number of fused-ring (bicyclic) bond motifs is 1. The predicted molar refractivity (Wildman–Crippen MR) is 81.4 cm³/mol. The minimum absolute atomic E-state index is 0.216. The number of aromatic nitrogens is 2. The van der Waals surface area contributed by atoms with Gasteiger partial charge in [0, 0.05) is 0 Å². The van der Waals surface area contributed by atoms with Crippen molar-refractivity contribution in [3.63, 3.8) is 0 Å². The second-order valence-corrected chi connectivity index (χ2v) is 5.14. The van der Waals surface area contributed by atoms with Crippen molar-refractivity contribution in [3.05, 3.63) is 35.7 Å². The van der Waals surface area contributed by atoms with Crippen LogP contribution in [0.25, 0.3) is 0 Å². The van der Waals surface area contributed by atoms with Crippen LogP contribution >= 0.6 is 0 Å². The summed E-state index contributed by atoms with van der Waals surface area (Å²) < 4.78 is 11.4. The molecular weight excluding hydrogens is 284 g/mol. The molecule has 7 nitrogen and oxygen atoms in total. The number of para-hydroxylation sites is 2. The van der Waals surface area contributed by atoms with E-state index in [4.69, 9.17) is 9.47 Å². The lowest BCUT2D eigenvalue weighted by atomic mass is 10.2. The molecule has 22 heavy (non-hydrogen) atoms. The van der Waals surface area contributed by atoms with Crippen molar-refractivity contribution in [2.24, 2.45) is 0 Å². The zero-order chi connectivity index (χ0) is 15.5. The van der Waals surface area contributed by atoms with E-state index in [0.717, 1.165) is 17.1 Å². The average Bonchev–Trinajstić information content (AvgIpc) is 2.84. The molecule has 3 N–H and O–H groups in total. The fourth-order valence-corrected chi connectivity index (χ4v) is 2.26. The number of nitrogens with zero attached hydrogens (tertiary/aromatic N) is 1. The van der Waals surface area contributed by atoms with Gasteiger partial charge in [-0.05, 0) is 26.0 Å². The number of hydrogen-bond donors (Lipinski definition) is 3. The van der Waals surface area contributed by atoms with Crippen molar-refractivity contribution >= 4 is 11.7 Å². The summed E-state index contributed by atoms with van der Waals surface area (Å²) in [7, 11) is 0. The molecule has 1 atom stereocenters. The molecular formula is C15H18N4O3. The third-order valence-electron chi connectivity index (χ3n) is 3.42. The van der Waals surface area contributed by atoms with Gasteiger partial charge in [-0.1, -0.05) is 12.1 Å². The highest BCUT2D eigenvalue weighted by Gasteiger charge is 2.21. The average molecular weight is 302 g/mol. The van der Waals surface area contributed by atoms with Crippen LogP contribution in [0.4, 0.5) is 10.5 Å². The Morgan fingerprint density at radius 3 is 2.86 bits per heavy atom. The molecule has 1 unspecified atom stereocenters. The maximum atomic E-state index is 11.9. The SMILES string of the molecule is Cc1n[nH]c(C)c1NC(=O)NCC1COc2ccccc2O1. The van der Waals surface area contributed by atoms with Gasteiger partial charge in [0.2, 0.25) is 0 Å². The summed E-state index contributed by atoms with van der Waals surface area (Å²) >= 11 is 0. The van der Waals surface area contributed by atoms with Crippen LogP contribution in [-0.2, 0) is 0 Å². The first-order valence-electron chi connectivity index (χ1n) is 7.08. The highest BCUT2D eigenvalue weighted by molar-refractivity contribution is 5.90. The summed E-state index contributed by atoms with van der Waals surface area (Å²) in [6.07, 6.45) is -0.216. The van der Waals surface area contributed by atoms with Crippen LogP contribution in [0, 0.1) is 13.8 Å². The van der Waals surface area contributed by atoms with Gasteiger partial charge in [0.25, 0.3) is 0 Å². The Kier molecular flexibility index (Phi) is 3.86. The van der Waals surface area contributed by atoms with E-state index >= 15 is 0 Å². The summed E-state index contributed by atoms with van der Waals surface area (Å²) in [6, 6.07) is 7.18. The van der Waals surface area contributed by atoms with Gasteiger partial charge in [-0.15, -0.1) is 0 Å². The van der Waals surface area contributed by atoms with Gasteiger partial charge in [0.1, 0.15) is 6.61 Å². The van der Waals surface area contributed by atoms with Crippen molar-refractivity contribution in [1.82, 2.24) is 15.5 Å². The third-order valence-corrected chi connectivity index (χ3v) is 3.42. The first-order valence-corrected chi connectivity index (χ1v) is 7.08. The highest BCUT2D eigenvalue weighted by atomic mass is 16.6. The van der Waals surface area contributed by atoms with E-state index in [0.29, 0.717) is 24.6 Å². The van der Waals surface area contributed by atoms with Crippen molar-refractivity contribution in [2.75, 3.05) is 18.5 Å². The van der Waals surface area contributed by atoms with Crippen LogP contribution in [-0.4, -0.2) is 35.5 Å². The Bertz CT molecular complexity index is 664. The quantitative estimate of drug-likeness (QED) is 0.809. The normalized spacial score (nSPS) is 16.2. The van der Waals surface area contributed by atoms with Gasteiger partial charge in [0.05, 0.1) is 23.6 Å². The van der Waals surface area contributed by atoms with Gasteiger partial charge in [-0.25, -0.2) is 4.79 Å². The molecule has 0 spiro atoms. The monoisotopic (exact) mass is 302 g/mol. The number of benzene rings is 1. The van der Waals surface area contributed by atoms with E-state index < -0.39 is 0 Å². The standard InChI is InChI=1S/C15H18N4O3/c1-9-14(10(2)19-18-9)17-15(20)16-7-11-8-21-12-5-3-4-6-13(12)22-11/h3-6,11H,7-8H2,1-2H3,(H,18,19)(H2,16,17,20). The topological polar surface area (TPSA) is 88.3 Å². The lowest BCUT2D eigenvalue weighted by Crippen LogP contribution is -2.42. The summed E-state index contributed by atoms with van der Waals surface area (Å²) in [5.74, 6) is 1.43. The smallest absolute Gasteiger partial charge is 0.319 e. The number of rotatable bonds is 3. The number of H-pyrrole nitrogens is 1. The third kappa shape index (κ3) is 2.98. The van der Waals surface area contributed by atoms with E-state index in [1.54, 1.807) is 0 Å². The highest BCUT2D eigenvalue weighted by Crippen LogP contribution is 2.30. The molecule has 0 saturated heterocycles. The number of amides is 2. The number of carbonyl (C=O) groups is 1. The summed E-state index contributed by atoms with van der Waals surface area (Å²) in [6.45, 7) is 4.44. The number of hydrogen-bond acceptors (Lipinski definition) is 4. The van der Waals surface area contributed by atoms with Crippen LogP contribution < -0.4 is 20.1 Å². The number of aryl methyl sites for hydroxylation is 2. The molecule has 0 aliphatic carbocycles. The number of carbonyl (C=O) groups excluding carboxylic acids is 1. The zero-order valence-electron chi connectivity index (χ0n) is 12.5. The number of urea groups is 1. The lowest BCUT2D eigenvalue weighted by Gasteiger charge is -2.26. The minimum Gasteiger partial charge on any atom is -0.486 e. The zero-order valence-corrected chi connectivity index (χ0v) is 12.5. The maximum Gasteiger partial charge on any atom is 0.319 e. The molecule has 7 heteroatoms. The minimum atomic E-state index is -0.296. The second kappa shape index (κ2) is 5.97. The molecule has 2 heterocycles. The number of anilines is 1. The van der Waals surface area contributed by atoms with Crippen LogP contribution in [0.5, 0.6) is 11.5 Å². The first-order chi connectivity index (χ1) is 10.6. The molecule has 116 valence electrons. The molecule has 0 bridgehead atoms. The maximum absolute atomic E-state index is 11.9. The second-order valence-electron chi connectivity index (χ2n) is 5.14. The molecule has 0 radical (unpaired) electrons. The molecule has 3 rings (SSSR count). The van der Waals surface area contributed by atoms with E-state index in [2.05, 4.69) is 20.8 Å². The molecule has 1 aromatic carbocycles. The van der Waals surface area contributed by atoms with E-state index in [1.165, 1.54) is 0 Å². The number of ether oxygens (including phenoxy) is 2. The number of nitrogens with one attached hydrogen (secondary N) is 3. The fourth-order valence-electron chi connectivity index (χ4n) is 2.26. The molecule has 1 aliphatic rings. The molecule has 0 saturated carbocycles. The molecule has 1 aromatic heterocycles. The summed E-state index contributed by atoms with van der Waals surface area (Å²) in [5, 5.41) is 12.4. The van der Waals surface area contributed by atoms with Crippen LogP contribution in [0.3, 0.4) is 0 Å². The molecule has 1 aliphatic heterocycles. The van der Waals surface area contributed by atoms with E-state index in [1.807, 2.05) is 38.1 Å². The van der Waals surface area contributed by atoms with Crippen molar-refractivity contribution in [3.8, 4) is 11.5 Å². The van der Waals surface area contributed by atoms with Gasteiger partial charge in [-0.2, -0.15) is 5.10 Å². The van der Waals surface area contributed by atoms with E-state index in [-0.39, 0.29) is 12.1 Å². The summed E-state index contributed by atoms with van der Waals surface area (Å²) in [4.78, 5) is 11.9. The predicted octanol–water partition coefficient (Wildman–Crippen LogP) is 1.99. The Labute approximate surface area is 128 Å². The van der Waals surface area contributed by atoms with Crippen LogP contribution in [0.2, 0.25) is 0 Å². The Morgan fingerprint density at radius 1 is 1.36 bits per heavy atom. The van der Waals surface area contributed by atoms with Crippen molar-refractivity contribution in [2.45, 2.75) is 20.0 Å². The molecule has 0 fully saturated rings. The Balaban J connectivity index is 1.52. The van der Waals surface area contributed by atoms with Gasteiger partial charge < -0.3 is 20.1 Å². The molecule has 2 amide bonds. The van der Waals surface area contributed by atoms with Gasteiger partial charge in [-0.3, -0.25) is 5.10 Å². The fraction of sp³-hybridized carbons (Fsp3) is 0.333. The Morgan fingerprint density at radius 2 is 2.14 bits per heavy atom. The van der Waals surface area contributed by atoms with Gasteiger partial charge in [0.15, 0.2) is 17.6 Å². The van der Waals surface area contributed by atoms with Crippen LogP contribution in [0.15, 0.2) is 24.3 Å². The largest absolute Gasteiger partial charge is 0.486 e. The lowest BCUT2D eigenvalue weighted by molar-refractivity contribution is 0.0922.